The van der Waals surface area contributed by atoms with Crippen molar-refractivity contribution in [2.75, 3.05) is 0 Å². The van der Waals surface area contributed by atoms with Gasteiger partial charge in [-0.25, -0.2) is 4.79 Å². The van der Waals surface area contributed by atoms with Gasteiger partial charge in [-0.3, -0.25) is 9.59 Å². The lowest BCUT2D eigenvalue weighted by atomic mass is 10.1. The molecule has 5 N–H and O–H groups in total. The van der Waals surface area contributed by atoms with Crippen molar-refractivity contribution in [1.82, 2.24) is 10.6 Å². The summed E-state index contributed by atoms with van der Waals surface area (Å²) in [5, 5.41) is 15.3. The number of ether oxygens (including phenoxy) is 1. The van der Waals surface area contributed by atoms with Crippen molar-refractivity contribution in [1.29, 1.82) is 0 Å². The third-order valence-corrected chi connectivity index (χ3v) is 4.57. The van der Waals surface area contributed by atoms with E-state index in [2.05, 4.69) is 10.6 Å². The van der Waals surface area contributed by atoms with E-state index >= 15 is 0 Å². The van der Waals surface area contributed by atoms with Gasteiger partial charge in [0.2, 0.25) is 5.91 Å². The van der Waals surface area contributed by atoms with Crippen LogP contribution in [-0.2, 0) is 27.3 Å². The summed E-state index contributed by atoms with van der Waals surface area (Å²) in [6.07, 6.45) is -1.50. The molecule has 0 heterocycles. The predicted molar refractivity (Wildman–Crippen MR) is 112 cm³/mol. The molecule has 0 saturated heterocycles. The van der Waals surface area contributed by atoms with Crippen molar-refractivity contribution in [2.24, 2.45) is 5.73 Å². The monoisotopic (exact) mass is 433 g/mol. The Kier molecular flexibility index (Phi) is 8.49. The van der Waals surface area contributed by atoms with Crippen LogP contribution in [0.2, 0.25) is 5.02 Å². The molecule has 0 spiro atoms. The number of hydrogen-bond acceptors (Lipinski definition) is 5. The molecule has 8 nitrogen and oxygen atoms in total. The summed E-state index contributed by atoms with van der Waals surface area (Å²) in [5.41, 5.74) is 6.48. The Morgan fingerprint density at radius 2 is 1.83 bits per heavy atom. The Bertz CT molecular complexity index is 891. The Hall–Kier alpha value is -3.26. The van der Waals surface area contributed by atoms with E-state index in [0.717, 1.165) is 5.56 Å². The van der Waals surface area contributed by atoms with E-state index in [-0.39, 0.29) is 18.7 Å². The average molecular weight is 434 g/mol. The van der Waals surface area contributed by atoms with Gasteiger partial charge in [0.15, 0.2) is 6.10 Å². The number of nitrogens with two attached hydrogens (primary N) is 1. The van der Waals surface area contributed by atoms with Crippen molar-refractivity contribution >= 4 is 29.5 Å². The first kappa shape index (κ1) is 23.0. The molecule has 9 heteroatoms. The van der Waals surface area contributed by atoms with E-state index < -0.39 is 30.1 Å². The Morgan fingerprint density at radius 3 is 2.50 bits per heavy atom. The van der Waals surface area contributed by atoms with Gasteiger partial charge in [-0.15, -0.1) is 0 Å². The molecule has 0 fully saturated rings. The van der Waals surface area contributed by atoms with E-state index in [4.69, 9.17) is 22.1 Å². The molecule has 0 aromatic heterocycles. The Morgan fingerprint density at radius 1 is 1.13 bits per heavy atom. The third kappa shape index (κ3) is 7.29. The second-order valence-electron chi connectivity index (χ2n) is 6.67. The van der Waals surface area contributed by atoms with Crippen LogP contribution >= 0.6 is 11.6 Å². The number of carbonyl (C=O) groups excluding carboxylic acids is 3. The van der Waals surface area contributed by atoms with Crippen LogP contribution in [-0.4, -0.2) is 35.2 Å². The van der Waals surface area contributed by atoms with Crippen molar-refractivity contribution < 1.29 is 24.2 Å². The van der Waals surface area contributed by atoms with Crippen LogP contribution < -0.4 is 16.4 Å². The van der Waals surface area contributed by atoms with Gasteiger partial charge in [-0.1, -0.05) is 41.9 Å². The van der Waals surface area contributed by atoms with E-state index in [9.17, 15) is 19.5 Å². The van der Waals surface area contributed by atoms with Crippen molar-refractivity contribution in [2.45, 2.75) is 38.5 Å². The average Bonchev–Trinajstić information content (AvgIpc) is 2.71. The van der Waals surface area contributed by atoms with Gasteiger partial charge < -0.3 is 26.2 Å². The van der Waals surface area contributed by atoms with Gasteiger partial charge in [0, 0.05) is 17.1 Å². The molecule has 0 bridgehead atoms. The van der Waals surface area contributed by atoms with E-state index in [1.165, 1.54) is 25.1 Å². The van der Waals surface area contributed by atoms with Crippen molar-refractivity contribution in [3.8, 4) is 5.75 Å². The molecule has 0 saturated carbocycles. The fraction of sp³-hybridized carbons (Fsp3) is 0.286. The quantitative estimate of drug-likeness (QED) is 0.481. The molecule has 2 aromatic carbocycles. The van der Waals surface area contributed by atoms with Gasteiger partial charge in [-0.05, 0) is 43.5 Å². The largest absolute Gasteiger partial charge is 0.508 e. The zero-order chi connectivity index (χ0) is 22.1. The Balaban J connectivity index is 1.91. The first-order valence-corrected chi connectivity index (χ1v) is 9.69. The van der Waals surface area contributed by atoms with E-state index in [1.54, 1.807) is 0 Å². The highest BCUT2D eigenvalue weighted by Crippen LogP contribution is 2.21. The number of halogens is 1. The van der Waals surface area contributed by atoms with Gasteiger partial charge >= 0.3 is 6.09 Å². The number of hydrogen-bond donors (Lipinski definition) is 4. The highest BCUT2D eigenvalue weighted by atomic mass is 35.5. The maximum atomic E-state index is 12.5. The molecule has 2 unspecified atom stereocenters. The van der Waals surface area contributed by atoms with Crippen molar-refractivity contribution in [3.05, 3.63) is 64.7 Å². The maximum Gasteiger partial charge on any atom is 0.405 e. The summed E-state index contributed by atoms with van der Waals surface area (Å²) in [6, 6.07) is 13.0. The zero-order valence-corrected chi connectivity index (χ0v) is 17.2. The molecule has 30 heavy (non-hydrogen) atoms. The van der Waals surface area contributed by atoms with Crippen LogP contribution in [0.3, 0.4) is 0 Å². The summed E-state index contributed by atoms with van der Waals surface area (Å²) < 4.78 is 4.92. The lowest BCUT2D eigenvalue weighted by Gasteiger charge is -2.20. The van der Waals surface area contributed by atoms with Gasteiger partial charge in [0.1, 0.15) is 11.8 Å². The van der Waals surface area contributed by atoms with Crippen LogP contribution in [0, 0.1) is 0 Å². The highest BCUT2D eigenvalue weighted by Gasteiger charge is 2.25. The van der Waals surface area contributed by atoms with Crippen LogP contribution in [0.15, 0.2) is 48.5 Å². The molecule has 0 aliphatic carbocycles. The minimum atomic E-state index is -1.13. The molecular weight excluding hydrogens is 410 g/mol. The number of phenols is 1. The molecule has 0 radical (unpaired) electrons. The second kappa shape index (κ2) is 11.1. The fourth-order valence-corrected chi connectivity index (χ4v) is 2.92. The molecular formula is C21H24ClN3O5. The number of benzene rings is 2. The summed E-state index contributed by atoms with van der Waals surface area (Å²) >= 11 is 5.88. The van der Waals surface area contributed by atoms with Crippen LogP contribution in [0.25, 0.3) is 0 Å². The summed E-state index contributed by atoms with van der Waals surface area (Å²) in [7, 11) is 0. The van der Waals surface area contributed by atoms with Gasteiger partial charge in [0.25, 0.3) is 5.91 Å². The normalized spacial score (nSPS) is 12.5. The lowest BCUT2D eigenvalue weighted by Crippen LogP contribution is -2.49. The lowest BCUT2D eigenvalue weighted by molar-refractivity contribution is -0.134. The minimum Gasteiger partial charge on any atom is -0.508 e. The van der Waals surface area contributed by atoms with Crippen LogP contribution in [0.5, 0.6) is 5.75 Å². The number of carbonyl (C=O) groups is 3. The summed E-state index contributed by atoms with van der Waals surface area (Å²) in [6.45, 7) is 1.52. The second-order valence-corrected chi connectivity index (χ2v) is 7.11. The molecule has 2 rings (SSSR count). The SMILES string of the molecule is CC(NC(=O)C(CCc1ccccc1)OC(N)=O)C(=O)NCc1cc(Cl)ccc1O. The number of phenolic OH excluding ortho intramolecular Hbond substituents is 1. The maximum absolute atomic E-state index is 12.5. The number of aromatic hydroxyl groups is 1. The topological polar surface area (TPSA) is 131 Å². The first-order valence-electron chi connectivity index (χ1n) is 9.31. The molecule has 0 aliphatic heterocycles. The standard InChI is InChI=1S/C21H24ClN3O5/c1-13(19(27)24-12-15-11-16(22)8-9-17(15)26)25-20(28)18(30-21(23)29)10-7-14-5-3-2-4-6-14/h2-6,8-9,11,13,18,26H,7,10,12H2,1H3,(H2,23,29)(H,24,27)(H,25,28). The number of nitrogens with one attached hydrogen (secondary N) is 2. The smallest absolute Gasteiger partial charge is 0.405 e. The predicted octanol–water partition coefficient (Wildman–Crippen LogP) is 2.26. The van der Waals surface area contributed by atoms with E-state index in [1.807, 2.05) is 30.3 Å². The Labute approximate surface area is 179 Å². The zero-order valence-electron chi connectivity index (χ0n) is 16.4. The van der Waals surface area contributed by atoms with Crippen molar-refractivity contribution in [3.63, 3.8) is 0 Å². The third-order valence-electron chi connectivity index (χ3n) is 4.34. The minimum absolute atomic E-state index is 0.00720. The number of primary amides is 1. The van der Waals surface area contributed by atoms with E-state index in [0.29, 0.717) is 17.0 Å². The number of rotatable bonds is 9. The molecule has 2 atom stereocenters. The highest BCUT2D eigenvalue weighted by molar-refractivity contribution is 6.30. The molecule has 3 amide bonds. The first-order chi connectivity index (χ1) is 14.3. The summed E-state index contributed by atoms with van der Waals surface area (Å²) in [4.78, 5) is 36.0. The van der Waals surface area contributed by atoms with Gasteiger partial charge in [-0.2, -0.15) is 0 Å². The fourth-order valence-electron chi connectivity index (χ4n) is 2.73. The van der Waals surface area contributed by atoms with Crippen LogP contribution in [0.4, 0.5) is 4.79 Å². The van der Waals surface area contributed by atoms with Crippen LogP contribution in [0.1, 0.15) is 24.5 Å². The number of amides is 3. The number of aryl methyl sites for hydroxylation is 1. The molecule has 160 valence electrons. The summed E-state index contributed by atoms with van der Waals surface area (Å²) in [5.74, 6) is -1.12. The molecule has 2 aromatic rings. The molecule has 0 aliphatic rings. The van der Waals surface area contributed by atoms with Gasteiger partial charge in [0.05, 0.1) is 0 Å².